The highest BCUT2D eigenvalue weighted by atomic mass is 16.9. The molecule has 36 heavy (non-hydrogen) atoms. The van der Waals surface area contributed by atoms with Crippen LogP contribution in [0.2, 0.25) is 0 Å². The van der Waals surface area contributed by atoms with Crippen LogP contribution in [0.3, 0.4) is 0 Å². The second-order valence-corrected chi connectivity index (χ2v) is 10.4. The molecule has 1 aromatic carbocycles. The second-order valence-electron chi connectivity index (χ2n) is 10.4. The van der Waals surface area contributed by atoms with Crippen LogP contribution in [0.1, 0.15) is 69.8 Å². The highest BCUT2D eigenvalue weighted by Gasteiger charge is 2.65. The van der Waals surface area contributed by atoms with Crippen molar-refractivity contribution in [2.24, 2.45) is 5.10 Å². The van der Waals surface area contributed by atoms with Gasteiger partial charge in [0.25, 0.3) is 5.91 Å². The van der Waals surface area contributed by atoms with E-state index in [9.17, 15) is 15.2 Å². The maximum atomic E-state index is 13.3. The Labute approximate surface area is 209 Å². The van der Waals surface area contributed by atoms with Gasteiger partial charge in [0.1, 0.15) is 18.3 Å². The maximum absolute atomic E-state index is 13.3. The fourth-order valence-corrected chi connectivity index (χ4v) is 6.15. The molecule has 11 heteroatoms. The molecule has 2 spiro atoms. The molecule has 3 aliphatic heterocycles. The molecule has 196 valence electrons. The van der Waals surface area contributed by atoms with Gasteiger partial charge in [-0.1, -0.05) is 25.0 Å². The first-order valence-corrected chi connectivity index (χ1v) is 13.0. The minimum atomic E-state index is -1.03. The van der Waals surface area contributed by atoms with Crippen LogP contribution < -0.4 is 10.7 Å². The first-order valence-electron chi connectivity index (χ1n) is 13.0. The standard InChI is InChI=1S/C25H33N3O8/c29-22(27-26-15-16-8-7-9-17(14-16)28(30)31)20-18-19(34-24(33-18)10-3-1-4-11-24)21-23(32-20)36-25(35-21)12-5-2-6-13-25/h7-9,14-15,18-21,23,28,30H,1-6,10-13H2,(H,27,29)/t18-,19-,20+,21-,23+/m0/s1. The summed E-state index contributed by atoms with van der Waals surface area (Å²) in [5, 5.41) is 23.4. The molecule has 0 aromatic heterocycles. The Bertz CT molecular complexity index is 991. The Balaban J connectivity index is 1.20. The van der Waals surface area contributed by atoms with Gasteiger partial charge in [-0.15, -0.1) is 0 Å². The van der Waals surface area contributed by atoms with Crippen molar-refractivity contribution in [1.82, 2.24) is 5.43 Å². The monoisotopic (exact) mass is 503 g/mol. The van der Waals surface area contributed by atoms with Crippen molar-refractivity contribution >= 4 is 17.8 Å². The lowest BCUT2D eigenvalue weighted by atomic mass is 9.94. The van der Waals surface area contributed by atoms with Crippen LogP contribution >= 0.6 is 0 Å². The summed E-state index contributed by atoms with van der Waals surface area (Å²) in [5.41, 5.74) is 3.22. The molecule has 1 aromatic rings. The zero-order chi connectivity index (χ0) is 24.8. The number of ether oxygens (including phenoxy) is 5. The summed E-state index contributed by atoms with van der Waals surface area (Å²) in [6.45, 7) is 0. The highest BCUT2D eigenvalue weighted by Crippen LogP contribution is 2.50. The number of hydrogen-bond acceptors (Lipinski definition) is 9. The van der Waals surface area contributed by atoms with Gasteiger partial charge >= 0.3 is 0 Å². The minimum absolute atomic E-state index is 0.138. The largest absolute Gasteiger partial charge is 0.595 e. The number of nitrogens with one attached hydrogen (secondary N) is 2. The SMILES string of the molecule is O=C(NN=Cc1cccc([NH+]([O-])O)c1)[C@@H]1O[C@@H]2OC3(CCCCC3)O[C@H]2[C@H]2OC3(CCCCC3)O[C@@H]21. The van der Waals surface area contributed by atoms with Gasteiger partial charge in [0.05, 0.1) is 6.21 Å². The molecular weight excluding hydrogens is 470 g/mol. The smallest absolute Gasteiger partial charge is 0.272 e. The lowest BCUT2D eigenvalue weighted by Crippen LogP contribution is -2.99. The first kappa shape index (κ1) is 24.4. The molecule has 5 aliphatic rings. The second kappa shape index (κ2) is 9.73. The molecule has 6 rings (SSSR count). The lowest BCUT2D eigenvalue weighted by Gasteiger charge is -2.36. The summed E-state index contributed by atoms with van der Waals surface area (Å²) in [7, 11) is 0. The van der Waals surface area contributed by atoms with Crippen LogP contribution in [0.5, 0.6) is 0 Å². The van der Waals surface area contributed by atoms with E-state index in [1.165, 1.54) is 18.3 Å². The number of hydrazone groups is 1. The maximum Gasteiger partial charge on any atom is 0.272 e. The molecule has 0 radical (unpaired) electrons. The Morgan fingerprint density at radius 2 is 1.61 bits per heavy atom. The molecule has 6 atom stereocenters. The first-order chi connectivity index (χ1) is 17.5. The molecule has 5 fully saturated rings. The van der Waals surface area contributed by atoms with Crippen molar-refractivity contribution in [3.05, 3.63) is 35.0 Å². The fourth-order valence-electron chi connectivity index (χ4n) is 6.15. The van der Waals surface area contributed by atoms with E-state index < -0.39 is 53.4 Å². The third-order valence-corrected chi connectivity index (χ3v) is 7.89. The minimum Gasteiger partial charge on any atom is -0.595 e. The van der Waals surface area contributed by atoms with Gasteiger partial charge in [0.2, 0.25) is 0 Å². The number of carbonyl (C=O) groups is 1. The molecule has 1 unspecified atom stereocenters. The highest BCUT2D eigenvalue weighted by molar-refractivity contribution is 5.85. The normalized spacial score (nSPS) is 35.6. The fraction of sp³-hybridized carbons (Fsp3) is 0.680. The van der Waals surface area contributed by atoms with E-state index in [0.717, 1.165) is 64.2 Å². The van der Waals surface area contributed by atoms with Crippen LogP contribution in [0.15, 0.2) is 29.4 Å². The van der Waals surface area contributed by atoms with Crippen molar-refractivity contribution in [3.8, 4) is 0 Å². The van der Waals surface area contributed by atoms with Crippen LogP contribution in [0.25, 0.3) is 0 Å². The van der Waals surface area contributed by atoms with Crippen LogP contribution in [0, 0.1) is 5.21 Å². The predicted octanol–water partition coefficient (Wildman–Crippen LogP) is 1.79. The Morgan fingerprint density at radius 3 is 2.31 bits per heavy atom. The van der Waals surface area contributed by atoms with E-state index in [0.29, 0.717) is 5.56 Å². The molecule has 3 N–H and O–H groups in total. The summed E-state index contributed by atoms with van der Waals surface area (Å²) in [4.78, 5) is 13.3. The lowest BCUT2D eigenvalue weighted by molar-refractivity contribution is -0.991. The van der Waals surface area contributed by atoms with Gasteiger partial charge in [-0.2, -0.15) is 10.3 Å². The van der Waals surface area contributed by atoms with Gasteiger partial charge in [0.15, 0.2) is 29.7 Å². The van der Waals surface area contributed by atoms with E-state index >= 15 is 0 Å². The van der Waals surface area contributed by atoms with Crippen LogP contribution in [-0.4, -0.2) is 59.6 Å². The van der Waals surface area contributed by atoms with E-state index in [-0.39, 0.29) is 5.69 Å². The number of amides is 1. The average molecular weight is 504 g/mol. The van der Waals surface area contributed by atoms with Gasteiger partial charge in [-0.25, -0.2) is 10.6 Å². The Kier molecular flexibility index (Phi) is 6.59. The van der Waals surface area contributed by atoms with E-state index in [4.69, 9.17) is 23.7 Å². The van der Waals surface area contributed by atoms with Gasteiger partial charge in [-0.3, -0.25) is 4.79 Å². The van der Waals surface area contributed by atoms with Gasteiger partial charge < -0.3 is 28.9 Å². The van der Waals surface area contributed by atoms with E-state index in [1.807, 2.05) is 0 Å². The number of quaternary nitrogens is 1. The molecule has 1 amide bonds. The molecular formula is C25H33N3O8. The number of hydrogen-bond donors (Lipinski definition) is 3. The third-order valence-electron chi connectivity index (χ3n) is 7.89. The molecule has 11 nitrogen and oxygen atoms in total. The zero-order valence-corrected chi connectivity index (χ0v) is 20.1. The average Bonchev–Trinajstić information content (AvgIpc) is 3.42. The summed E-state index contributed by atoms with van der Waals surface area (Å²) >= 11 is 0. The summed E-state index contributed by atoms with van der Waals surface area (Å²) in [5.74, 6) is -1.89. The topological polar surface area (TPSA) is 135 Å². The van der Waals surface area contributed by atoms with Crippen molar-refractivity contribution in [3.63, 3.8) is 0 Å². The van der Waals surface area contributed by atoms with Crippen molar-refractivity contribution in [2.45, 2.75) is 106 Å². The van der Waals surface area contributed by atoms with E-state index in [1.54, 1.807) is 12.1 Å². The number of rotatable bonds is 4. The molecule has 3 saturated heterocycles. The zero-order valence-electron chi connectivity index (χ0n) is 20.1. The number of benzene rings is 1. The molecule has 0 bridgehead atoms. The Morgan fingerprint density at radius 1 is 0.972 bits per heavy atom. The number of carbonyl (C=O) groups excluding carboxylic acids is 1. The Hall–Kier alpha value is -1.96. The number of fused-ring (bicyclic) bond motifs is 3. The van der Waals surface area contributed by atoms with Crippen molar-refractivity contribution in [1.29, 1.82) is 0 Å². The summed E-state index contributed by atoms with van der Waals surface area (Å²) < 4.78 is 32.0. The van der Waals surface area contributed by atoms with Gasteiger partial charge in [-0.05, 0) is 25.7 Å². The van der Waals surface area contributed by atoms with Crippen LogP contribution in [0.4, 0.5) is 5.69 Å². The quantitative estimate of drug-likeness (QED) is 0.418. The van der Waals surface area contributed by atoms with Crippen LogP contribution in [-0.2, 0) is 28.5 Å². The van der Waals surface area contributed by atoms with Gasteiger partial charge in [0, 0.05) is 43.4 Å². The molecule has 2 saturated carbocycles. The summed E-state index contributed by atoms with van der Waals surface area (Å²) in [6, 6.07) is 6.29. The third kappa shape index (κ3) is 4.59. The molecule has 2 aliphatic carbocycles. The summed E-state index contributed by atoms with van der Waals surface area (Å²) in [6.07, 6.45) is 7.60. The predicted molar refractivity (Wildman–Crippen MR) is 124 cm³/mol. The van der Waals surface area contributed by atoms with E-state index in [2.05, 4.69) is 10.5 Å². The van der Waals surface area contributed by atoms with Crippen molar-refractivity contribution in [2.75, 3.05) is 0 Å². The number of nitrogens with zero attached hydrogens (tertiary/aromatic N) is 1. The molecule has 3 heterocycles. The van der Waals surface area contributed by atoms with Crippen molar-refractivity contribution < 1.29 is 38.9 Å².